The monoisotopic (exact) mass is 424 g/mol. The summed E-state index contributed by atoms with van der Waals surface area (Å²) in [6, 6.07) is 9.79. The molecule has 8 nitrogen and oxygen atoms in total. The average molecular weight is 425 g/mol. The van der Waals surface area contributed by atoms with Crippen LogP contribution in [0.3, 0.4) is 0 Å². The van der Waals surface area contributed by atoms with Crippen LogP contribution in [0.5, 0.6) is 0 Å². The van der Waals surface area contributed by atoms with Crippen LogP contribution in [-0.2, 0) is 19.1 Å². The second-order valence-corrected chi connectivity index (χ2v) is 7.15. The normalized spacial score (nSPS) is 21.8. The number of hydrogen-bond acceptors (Lipinski definition) is 8. The number of nitrogens with two attached hydrogens (primary N) is 1. The van der Waals surface area contributed by atoms with E-state index in [9.17, 15) is 9.59 Å². The fourth-order valence-corrected chi connectivity index (χ4v) is 3.39. The molecule has 1 aromatic rings. The number of allylic oxidation sites excluding steroid dienone is 3. The van der Waals surface area contributed by atoms with Crippen LogP contribution in [0.4, 0.5) is 0 Å². The zero-order chi connectivity index (χ0) is 22.8. The van der Waals surface area contributed by atoms with Crippen LogP contribution in [0.1, 0.15) is 37.3 Å². The molecule has 0 radical (unpaired) electrons. The number of hydrogen-bond donors (Lipinski definition) is 2. The average Bonchev–Trinajstić information content (AvgIpc) is 2.78. The minimum Gasteiger partial charge on any atom is -0.469 e. The number of nitrogens with zero attached hydrogens (tertiary/aromatic N) is 2. The van der Waals surface area contributed by atoms with Crippen molar-refractivity contribution in [2.45, 2.75) is 26.2 Å². The Labute approximate surface area is 182 Å². The molecule has 0 saturated heterocycles. The molecule has 0 saturated carbocycles. The van der Waals surface area contributed by atoms with Gasteiger partial charge in [-0.25, -0.2) is 0 Å². The molecule has 3 atom stereocenters. The van der Waals surface area contributed by atoms with Crippen molar-refractivity contribution in [3.63, 3.8) is 0 Å². The van der Waals surface area contributed by atoms with Crippen molar-refractivity contribution >= 4 is 18.2 Å². The topological polar surface area (TPSA) is 127 Å². The first-order chi connectivity index (χ1) is 14.9. The van der Waals surface area contributed by atoms with Crippen molar-refractivity contribution in [3.8, 4) is 6.07 Å². The number of ether oxygens (including phenoxy) is 2. The molecule has 2 aliphatic rings. The van der Waals surface area contributed by atoms with Gasteiger partial charge in [0.15, 0.2) is 0 Å². The second-order valence-electron chi connectivity index (χ2n) is 7.15. The Morgan fingerprint density at radius 2 is 2.03 bits per heavy atom. The maximum Gasteiger partial charge on any atom is 0.314 e. The summed E-state index contributed by atoms with van der Waals surface area (Å²) in [6.07, 6.45) is 5.96. The maximum atomic E-state index is 11.4. The molecule has 0 aliphatic carbocycles. The molecule has 2 aliphatic heterocycles. The standard InChI is InChI=1S/C13H13N3.C10H15NO4/c1-9-6-11(7-13(15)16-9)12-5-3-2-4-10(12)8-14;1-3-15-10(13)8-4-7(5-11-6-8)9(12)14-2/h2-7,11,16H,15H2,1H3;6-8H,3-5H2,1-2H3. The zero-order valence-corrected chi connectivity index (χ0v) is 18.0. The number of methoxy groups -OCH3 is 1. The number of rotatable bonds is 4. The predicted octanol–water partition coefficient (Wildman–Crippen LogP) is 2.38. The molecule has 164 valence electrons. The summed E-state index contributed by atoms with van der Waals surface area (Å²) in [6.45, 7) is 4.44. The Morgan fingerprint density at radius 3 is 2.68 bits per heavy atom. The van der Waals surface area contributed by atoms with Gasteiger partial charge in [0, 0.05) is 17.8 Å². The van der Waals surface area contributed by atoms with Crippen LogP contribution in [0, 0.1) is 23.2 Å². The molecule has 31 heavy (non-hydrogen) atoms. The molecule has 2 heterocycles. The molecule has 0 bridgehead atoms. The molecule has 3 N–H and O–H groups in total. The van der Waals surface area contributed by atoms with Crippen molar-refractivity contribution in [2.75, 3.05) is 20.3 Å². The minimum atomic E-state index is -0.414. The number of carbonyl (C=O) groups is 2. The van der Waals surface area contributed by atoms with E-state index in [0.29, 0.717) is 31.0 Å². The second kappa shape index (κ2) is 11.6. The highest BCUT2D eigenvalue weighted by molar-refractivity contribution is 5.91. The molecule has 0 amide bonds. The van der Waals surface area contributed by atoms with E-state index < -0.39 is 5.92 Å². The van der Waals surface area contributed by atoms with Crippen LogP contribution >= 0.6 is 0 Å². The van der Waals surface area contributed by atoms with E-state index in [-0.39, 0.29) is 23.8 Å². The smallest absolute Gasteiger partial charge is 0.314 e. The van der Waals surface area contributed by atoms with Gasteiger partial charge in [-0.3, -0.25) is 14.6 Å². The first-order valence-corrected chi connectivity index (χ1v) is 10.1. The highest BCUT2D eigenvalue weighted by atomic mass is 16.5. The number of benzene rings is 1. The highest BCUT2D eigenvalue weighted by Crippen LogP contribution is 2.26. The lowest BCUT2D eigenvalue weighted by Gasteiger charge is -2.20. The largest absolute Gasteiger partial charge is 0.469 e. The third-order valence-corrected chi connectivity index (χ3v) is 4.84. The third-order valence-electron chi connectivity index (χ3n) is 4.84. The van der Waals surface area contributed by atoms with E-state index in [1.54, 1.807) is 13.1 Å². The first-order valence-electron chi connectivity index (χ1n) is 10.1. The lowest BCUT2D eigenvalue weighted by Crippen LogP contribution is -2.31. The lowest BCUT2D eigenvalue weighted by atomic mass is 9.92. The van der Waals surface area contributed by atoms with Gasteiger partial charge >= 0.3 is 11.9 Å². The molecule has 3 rings (SSSR count). The van der Waals surface area contributed by atoms with Gasteiger partial charge < -0.3 is 20.5 Å². The van der Waals surface area contributed by atoms with E-state index in [1.165, 1.54) is 7.11 Å². The van der Waals surface area contributed by atoms with Gasteiger partial charge in [-0.1, -0.05) is 24.3 Å². The Hall–Kier alpha value is -3.60. The van der Waals surface area contributed by atoms with Gasteiger partial charge in [0.05, 0.1) is 49.6 Å². The molecule has 0 aromatic heterocycles. The van der Waals surface area contributed by atoms with Crippen molar-refractivity contribution in [2.24, 2.45) is 22.6 Å². The number of aliphatic imine (C=N–C) groups is 1. The van der Waals surface area contributed by atoms with Gasteiger partial charge in [-0.15, -0.1) is 0 Å². The number of esters is 2. The SMILES string of the molecule is CC1=CC(c2ccccc2C#N)C=C(N)N1.CCOC(=O)C1C=NCC(C(=O)OC)C1. The van der Waals surface area contributed by atoms with Gasteiger partial charge in [0.1, 0.15) is 0 Å². The summed E-state index contributed by atoms with van der Waals surface area (Å²) in [4.78, 5) is 26.6. The van der Waals surface area contributed by atoms with Gasteiger partial charge in [-0.05, 0) is 38.0 Å². The summed E-state index contributed by atoms with van der Waals surface area (Å²) in [7, 11) is 1.33. The molecule has 1 aromatic carbocycles. The van der Waals surface area contributed by atoms with Gasteiger partial charge in [0.2, 0.25) is 0 Å². The number of dihydropyridines is 1. The van der Waals surface area contributed by atoms with Gasteiger partial charge in [-0.2, -0.15) is 5.26 Å². The Balaban J connectivity index is 0.000000221. The number of nitrogens with one attached hydrogen (secondary N) is 1. The van der Waals surface area contributed by atoms with Crippen molar-refractivity contribution in [1.29, 1.82) is 5.26 Å². The summed E-state index contributed by atoms with van der Waals surface area (Å²) < 4.78 is 9.47. The fraction of sp³-hybridized carbons (Fsp3) is 0.391. The molecule has 3 unspecified atom stereocenters. The van der Waals surface area contributed by atoms with Crippen LogP contribution in [0.15, 0.2) is 52.9 Å². The van der Waals surface area contributed by atoms with Crippen LogP contribution in [0.25, 0.3) is 0 Å². The van der Waals surface area contributed by atoms with Crippen LogP contribution in [0.2, 0.25) is 0 Å². The van der Waals surface area contributed by atoms with E-state index in [1.807, 2.05) is 37.3 Å². The van der Waals surface area contributed by atoms with Crippen molar-refractivity contribution in [3.05, 3.63) is 59.1 Å². The Bertz CT molecular complexity index is 912. The minimum absolute atomic E-state index is 0.0806. The van der Waals surface area contributed by atoms with Crippen LogP contribution in [-0.4, -0.2) is 38.4 Å². The number of nitriles is 1. The lowest BCUT2D eigenvalue weighted by molar-refractivity contribution is -0.149. The van der Waals surface area contributed by atoms with E-state index in [4.69, 9.17) is 15.7 Å². The summed E-state index contributed by atoms with van der Waals surface area (Å²) in [5, 5.41) is 12.1. The molecule has 0 fully saturated rings. The van der Waals surface area contributed by atoms with Gasteiger partial charge in [0.25, 0.3) is 0 Å². The quantitative estimate of drug-likeness (QED) is 0.711. The zero-order valence-electron chi connectivity index (χ0n) is 18.0. The first kappa shape index (κ1) is 23.7. The third kappa shape index (κ3) is 6.71. The predicted molar refractivity (Wildman–Crippen MR) is 117 cm³/mol. The maximum absolute atomic E-state index is 11.4. The summed E-state index contributed by atoms with van der Waals surface area (Å²) in [5.74, 6) is -0.664. The van der Waals surface area contributed by atoms with Crippen LogP contribution < -0.4 is 11.1 Å². The van der Waals surface area contributed by atoms with E-state index in [2.05, 4.69) is 27.2 Å². The molecule has 0 spiro atoms. The Kier molecular flexibility index (Phi) is 8.82. The number of carbonyl (C=O) groups excluding carboxylic acids is 2. The molecular formula is C23H28N4O4. The highest BCUT2D eigenvalue weighted by Gasteiger charge is 2.30. The molecule has 8 heteroatoms. The molecular weight excluding hydrogens is 396 g/mol. The Morgan fingerprint density at radius 1 is 1.29 bits per heavy atom. The summed E-state index contributed by atoms with van der Waals surface area (Å²) in [5.41, 5.74) is 8.47. The van der Waals surface area contributed by atoms with E-state index in [0.717, 1.165) is 11.3 Å². The van der Waals surface area contributed by atoms with Crippen molar-refractivity contribution in [1.82, 2.24) is 5.32 Å². The fourth-order valence-electron chi connectivity index (χ4n) is 3.39. The summed E-state index contributed by atoms with van der Waals surface area (Å²) >= 11 is 0. The van der Waals surface area contributed by atoms with E-state index >= 15 is 0 Å². The van der Waals surface area contributed by atoms with Crippen molar-refractivity contribution < 1.29 is 19.1 Å².